The standard InChI is InChI=1S/C19H16N2O4/c1-24-16-10-3-2-9-15(16)21-17(22)12-25-19(23)14-8-4-6-13-7-5-11-20-18(13)14/h2-11H,12H2,1H3,(H,21,22). The normalized spacial score (nSPS) is 10.3. The molecule has 1 amide bonds. The van der Waals surface area contributed by atoms with Crippen LogP contribution in [0.4, 0.5) is 5.69 Å². The number of amides is 1. The summed E-state index contributed by atoms with van der Waals surface area (Å²) in [5.41, 5.74) is 1.38. The van der Waals surface area contributed by atoms with E-state index >= 15 is 0 Å². The molecule has 0 unspecified atom stereocenters. The molecule has 0 aliphatic rings. The average Bonchev–Trinajstić information content (AvgIpc) is 2.66. The van der Waals surface area contributed by atoms with Crippen LogP contribution in [0.3, 0.4) is 0 Å². The molecular formula is C19H16N2O4. The van der Waals surface area contributed by atoms with Crippen LogP contribution in [0.1, 0.15) is 10.4 Å². The van der Waals surface area contributed by atoms with Crippen LogP contribution in [0.5, 0.6) is 5.75 Å². The number of nitrogens with zero attached hydrogens (tertiary/aromatic N) is 1. The minimum Gasteiger partial charge on any atom is -0.495 e. The van der Waals surface area contributed by atoms with Crippen LogP contribution in [0.25, 0.3) is 10.9 Å². The lowest BCUT2D eigenvalue weighted by molar-refractivity contribution is -0.119. The summed E-state index contributed by atoms with van der Waals surface area (Å²) in [6, 6.07) is 15.9. The van der Waals surface area contributed by atoms with Crippen LogP contribution in [-0.2, 0) is 9.53 Å². The van der Waals surface area contributed by atoms with Crippen LogP contribution in [0, 0.1) is 0 Å². The number of para-hydroxylation sites is 3. The van der Waals surface area contributed by atoms with Gasteiger partial charge in [-0.25, -0.2) is 4.79 Å². The first kappa shape index (κ1) is 16.4. The van der Waals surface area contributed by atoms with Crippen LogP contribution >= 0.6 is 0 Å². The van der Waals surface area contributed by atoms with Crippen molar-refractivity contribution in [1.29, 1.82) is 0 Å². The van der Waals surface area contributed by atoms with Gasteiger partial charge in [0.2, 0.25) is 0 Å². The number of nitrogens with one attached hydrogen (secondary N) is 1. The average molecular weight is 336 g/mol. The number of methoxy groups -OCH3 is 1. The molecule has 6 heteroatoms. The number of carbonyl (C=O) groups is 2. The van der Waals surface area contributed by atoms with Gasteiger partial charge in [0.15, 0.2) is 6.61 Å². The second-order valence-corrected chi connectivity index (χ2v) is 5.21. The summed E-state index contributed by atoms with van der Waals surface area (Å²) in [7, 11) is 1.51. The topological polar surface area (TPSA) is 77.5 Å². The van der Waals surface area contributed by atoms with Crippen molar-refractivity contribution in [2.45, 2.75) is 0 Å². The minimum atomic E-state index is -0.598. The third-order valence-corrected chi connectivity index (χ3v) is 3.57. The van der Waals surface area contributed by atoms with Crippen molar-refractivity contribution >= 4 is 28.5 Å². The maximum absolute atomic E-state index is 12.3. The molecule has 0 spiro atoms. The quantitative estimate of drug-likeness (QED) is 0.725. The molecule has 0 bridgehead atoms. The van der Waals surface area contributed by atoms with Crippen molar-refractivity contribution in [3.05, 3.63) is 66.4 Å². The molecule has 1 N–H and O–H groups in total. The molecule has 1 heterocycles. The molecule has 3 rings (SSSR count). The number of hydrogen-bond donors (Lipinski definition) is 1. The Bertz CT molecular complexity index is 919. The van der Waals surface area contributed by atoms with Crippen molar-refractivity contribution in [3.63, 3.8) is 0 Å². The van der Waals surface area contributed by atoms with Gasteiger partial charge in [-0.2, -0.15) is 0 Å². The van der Waals surface area contributed by atoms with Crippen molar-refractivity contribution < 1.29 is 19.1 Å². The SMILES string of the molecule is COc1ccccc1NC(=O)COC(=O)c1cccc2cccnc12. The first-order chi connectivity index (χ1) is 12.2. The second kappa shape index (κ2) is 7.44. The van der Waals surface area contributed by atoms with Crippen molar-refractivity contribution in [2.24, 2.45) is 0 Å². The Balaban J connectivity index is 1.66. The molecule has 126 valence electrons. The Morgan fingerprint density at radius 3 is 2.68 bits per heavy atom. The molecule has 0 atom stereocenters. The van der Waals surface area contributed by atoms with Gasteiger partial charge in [-0.1, -0.05) is 30.3 Å². The zero-order valence-electron chi connectivity index (χ0n) is 13.6. The number of aromatic nitrogens is 1. The number of esters is 1. The number of rotatable bonds is 5. The molecule has 0 aliphatic heterocycles. The van der Waals surface area contributed by atoms with Crippen LogP contribution in [-0.4, -0.2) is 30.6 Å². The number of fused-ring (bicyclic) bond motifs is 1. The zero-order chi connectivity index (χ0) is 17.6. The predicted octanol–water partition coefficient (Wildman–Crippen LogP) is 3.04. The number of benzene rings is 2. The molecule has 3 aromatic rings. The number of ether oxygens (including phenoxy) is 2. The Hall–Kier alpha value is -3.41. The monoisotopic (exact) mass is 336 g/mol. The van der Waals surface area contributed by atoms with E-state index < -0.39 is 18.5 Å². The number of anilines is 1. The largest absolute Gasteiger partial charge is 0.495 e. The van der Waals surface area contributed by atoms with E-state index in [0.717, 1.165) is 5.39 Å². The number of carbonyl (C=O) groups excluding carboxylic acids is 2. The van der Waals surface area contributed by atoms with Crippen LogP contribution in [0.2, 0.25) is 0 Å². The zero-order valence-corrected chi connectivity index (χ0v) is 13.6. The van der Waals surface area contributed by atoms with E-state index in [4.69, 9.17) is 9.47 Å². The summed E-state index contributed by atoms with van der Waals surface area (Å²) in [4.78, 5) is 28.5. The van der Waals surface area contributed by atoms with E-state index in [1.54, 1.807) is 48.7 Å². The van der Waals surface area contributed by atoms with Crippen molar-refractivity contribution in [1.82, 2.24) is 4.98 Å². The maximum atomic E-state index is 12.3. The lowest BCUT2D eigenvalue weighted by Crippen LogP contribution is -2.21. The molecule has 25 heavy (non-hydrogen) atoms. The van der Waals surface area contributed by atoms with Crippen LogP contribution in [0.15, 0.2) is 60.8 Å². The molecule has 6 nitrogen and oxygen atoms in total. The van der Waals surface area contributed by atoms with Crippen LogP contribution < -0.4 is 10.1 Å². The highest BCUT2D eigenvalue weighted by molar-refractivity contribution is 6.03. The van der Waals surface area contributed by atoms with Gasteiger partial charge in [0, 0.05) is 11.6 Å². The lowest BCUT2D eigenvalue weighted by Gasteiger charge is -2.10. The Kier molecular flexibility index (Phi) is 4.89. The van der Waals surface area contributed by atoms with E-state index in [-0.39, 0.29) is 0 Å². The van der Waals surface area contributed by atoms with Gasteiger partial charge >= 0.3 is 5.97 Å². The molecule has 2 aromatic carbocycles. The summed E-state index contributed by atoms with van der Waals surface area (Å²) in [6.07, 6.45) is 1.60. The van der Waals surface area contributed by atoms with Gasteiger partial charge in [-0.3, -0.25) is 9.78 Å². The summed E-state index contributed by atoms with van der Waals surface area (Å²) in [6.45, 7) is -0.403. The fourth-order valence-electron chi connectivity index (χ4n) is 2.41. The first-order valence-electron chi connectivity index (χ1n) is 7.63. The molecule has 0 fully saturated rings. The molecule has 0 saturated heterocycles. The molecule has 0 saturated carbocycles. The summed E-state index contributed by atoms with van der Waals surface area (Å²) in [5, 5.41) is 3.48. The number of hydrogen-bond acceptors (Lipinski definition) is 5. The van der Waals surface area contributed by atoms with Gasteiger partial charge in [-0.05, 0) is 24.3 Å². The second-order valence-electron chi connectivity index (χ2n) is 5.21. The molecule has 1 aromatic heterocycles. The Labute approximate surface area is 144 Å². The summed E-state index contributed by atoms with van der Waals surface area (Å²) >= 11 is 0. The lowest BCUT2D eigenvalue weighted by atomic mass is 10.1. The Morgan fingerprint density at radius 2 is 1.84 bits per heavy atom. The molecule has 0 radical (unpaired) electrons. The predicted molar refractivity (Wildman–Crippen MR) is 93.6 cm³/mol. The molecule has 0 aliphatic carbocycles. The Morgan fingerprint density at radius 1 is 1.04 bits per heavy atom. The van der Waals surface area contributed by atoms with E-state index in [9.17, 15) is 9.59 Å². The highest BCUT2D eigenvalue weighted by Gasteiger charge is 2.15. The highest BCUT2D eigenvalue weighted by Crippen LogP contribution is 2.23. The van der Waals surface area contributed by atoms with E-state index in [1.807, 2.05) is 12.1 Å². The fourth-order valence-corrected chi connectivity index (χ4v) is 2.41. The van der Waals surface area contributed by atoms with E-state index in [2.05, 4.69) is 10.3 Å². The number of pyridine rings is 1. The fraction of sp³-hybridized carbons (Fsp3) is 0.105. The van der Waals surface area contributed by atoms with Gasteiger partial charge in [0.25, 0.3) is 5.91 Å². The first-order valence-corrected chi connectivity index (χ1v) is 7.63. The van der Waals surface area contributed by atoms with Gasteiger partial charge in [0.05, 0.1) is 23.9 Å². The summed E-state index contributed by atoms with van der Waals surface area (Å²) in [5.74, 6) is -0.522. The highest BCUT2D eigenvalue weighted by atomic mass is 16.5. The maximum Gasteiger partial charge on any atom is 0.340 e. The third kappa shape index (κ3) is 3.74. The third-order valence-electron chi connectivity index (χ3n) is 3.57. The smallest absolute Gasteiger partial charge is 0.340 e. The minimum absolute atomic E-state index is 0.322. The van der Waals surface area contributed by atoms with E-state index in [0.29, 0.717) is 22.5 Å². The summed E-state index contributed by atoms with van der Waals surface area (Å²) < 4.78 is 10.3. The van der Waals surface area contributed by atoms with E-state index in [1.165, 1.54) is 7.11 Å². The van der Waals surface area contributed by atoms with Crippen molar-refractivity contribution in [3.8, 4) is 5.75 Å². The van der Waals surface area contributed by atoms with Crippen molar-refractivity contribution in [2.75, 3.05) is 19.0 Å². The van der Waals surface area contributed by atoms with Gasteiger partial charge in [-0.15, -0.1) is 0 Å². The van der Waals surface area contributed by atoms with Gasteiger partial charge in [0.1, 0.15) is 5.75 Å². The van der Waals surface area contributed by atoms with Gasteiger partial charge < -0.3 is 14.8 Å². The molecular weight excluding hydrogens is 320 g/mol.